The van der Waals surface area contributed by atoms with Gasteiger partial charge in [0.15, 0.2) is 0 Å². The lowest BCUT2D eigenvalue weighted by molar-refractivity contribution is -0.122. The number of carbonyl (C=O) groups excluding carboxylic acids is 2. The summed E-state index contributed by atoms with van der Waals surface area (Å²) in [6.07, 6.45) is 5.33. The first-order chi connectivity index (χ1) is 16.1. The van der Waals surface area contributed by atoms with Gasteiger partial charge in [0.05, 0.1) is 30.3 Å². The van der Waals surface area contributed by atoms with Crippen LogP contribution >= 0.6 is 15.9 Å². The van der Waals surface area contributed by atoms with Crippen molar-refractivity contribution < 1.29 is 9.59 Å². The highest BCUT2D eigenvalue weighted by molar-refractivity contribution is 9.10. The number of H-pyrrole nitrogens is 1. The summed E-state index contributed by atoms with van der Waals surface area (Å²) < 4.78 is 0.332. The van der Waals surface area contributed by atoms with Crippen LogP contribution in [0.5, 0.6) is 0 Å². The summed E-state index contributed by atoms with van der Waals surface area (Å²) in [5, 5.41) is 13.0. The van der Waals surface area contributed by atoms with Crippen LogP contribution in [0, 0.1) is 23.2 Å². The molecule has 0 spiro atoms. The van der Waals surface area contributed by atoms with Crippen LogP contribution in [-0.2, 0) is 16.0 Å². The second-order valence-electron chi connectivity index (χ2n) is 10.1. The molecule has 0 radical (unpaired) electrons. The normalized spacial score (nSPS) is 25.6. The Bertz CT molecular complexity index is 1140. The smallest absolute Gasteiger partial charge is 0.280 e. The molecule has 3 fully saturated rings. The largest absolute Gasteiger partial charge is 0.379 e. The van der Waals surface area contributed by atoms with E-state index in [1.54, 1.807) is 24.5 Å². The number of fused-ring (bicyclic) bond motifs is 2. The van der Waals surface area contributed by atoms with Gasteiger partial charge in [-0.1, -0.05) is 20.8 Å². The van der Waals surface area contributed by atoms with Crippen LogP contribution in [0.1, 0.15) is 57.3 Å². The predicted octanol–water partition coefficient (Wildman–Crippen LogP) is 2.69. The number of anilines is 1. The third-order valence-corrected chi connectivity index (χ3v) is 8.62. The van der Waals surface area contributed by atoms with Crippen LogP contribution in [0.4, 0.5) is 5.69 Å². The second kappa shape index (κ2) is 9.48. The Hall–Kier alpha value is -2.75. The molecule has 2 amide bonds. The van der Waals surface area contributed by atoms with Gasteiger partial charge < -0.3 is 16.4 Å². The number of aromatic amines is 1. The highest BCUT2D eigenvalue weighted by atomic mass is 79.9. The molecule has 10 heteroatoms. The summed E-state index contributed by atoms with van der Waals surface area (Å²) in [5.41, 5.74) is 7.09. The van der Waals surface area contributed by atoms with Crippen molar-refractivity contribution in [3.8, 4) is 0 Å². The zero-order valence-corrected chi connectivity index (χ0v) is 21.2. The molecular formula is C24H31BrN6O3. The highest BCUT2D eigenvalue weighted by Gasteiger charge is 2.56. The van der Waals surface area contributed by atoms with Crippen molar-refractivity contribution in [2.45, 2.75) is 58.5 Å². The van der Waals surface area contributed by atoms with Gasteiger partial charge in [-0.3, -0.25) is 19.4 Å². The van der Waals surface area contributed by atoms with Gasteiger partial charge >= 0.3 is 0 Å². The van der Waals surface area contributed by atoms with Crippen LogP contribution in [-0.4, -0.2) is 33.0 Å². The number of nitrogens with zero attached hydrogens (tertiary/aromatic N) is 2. The Balaban J connectivity index is 1.52. The van der Waals surface area contributed by atoms with E-state index in [-0.39, 0.29) is 30.3 Å². The van der Waals surface area contributed by atoms with E-state index in [1.807, 2.05) is 0 Å². The third-order valence-electron chi connectivity index (χ3n) is 7.86. The molecule has 3 saturated carbocycles. The van der Waals surface area contributed by atoms with E-state index in [9.17, 15) is 14.4 Å². The number of hydrogen-bond acceptors (Lipinski definition) is 6. The van der Waals surface area contributed by atoms with Gasteiger partial charge in [0.2, 0.25) is 11.8 Å². The number of amides is 2. The third kappa shape index (κ3) is 4.73. The molecule has 0 saturated heterocycles. The second-order valence-corrected chi connectivity index (χ2v) is 10.9. The lowest BCUT2D eigenvalue weighted by Gasteiger charge is -2.62. The molecule has 2 heterocycles. The van der Waals surface area contributed by atoms with Crippen LogP contribution in [0.3, 0.4) is 0 Å². The lowest BCUT2D eigenvalue weighted by Crippen LogP contribution is -2.58. The van der Waals surface area contributed by atoms with Gasteiger partial charge in [-0.25, -0.2) is 5.10 Å². The van der Waals surface area contributed by atoms with Crippen LogP contribution in [0.2, 0.25) is 0 Å². The molecule has 9 nitrogen and oxygen atoms in total. The maximum atomic E-state index is 13.0. The van der Waals surface area contributed by atoms with Gasteiger partial charge in [-0.05, 0) is 69.6 Å². The van der Waals surface area contributed by atoms with Gasteiger partial charge in [-0.2, -0.15) is 5.10 Å². The SMILES string of the molecule is C[C@@H]1[C@H]2C[C@@H](C[C@H]1Nc1c(CC(=O)NC(CC(N)=O)c3ccncc3)n[nH]c(=O)c1Br)C2(C)C. The molecule has 34 heavy (non-hydrogen) atoms. The maximum absolute atomic E-state index is 13.0. The molecule has 5 N–H and O–H groups in total. The Morgan fingerprint density at radius 3 is 2.62 bits per heavy atom. The minimum absolute atomic E-state index is 0.0399. The maximum Gasteiger partial charge on any atom is 0.280 e. The molecule has 182 valence electrons. The minimum atomic E-state index is -0.580. The molecule has 1 unspecified atom stereocenters. The molecule has 2 aromatic heterocycles. The summed E-state index contributed by atoms with van der Waals surface area (Å²) in [7, 11) is 0. The van der Waals surface area contributed by atoms with E-state index in [4.69, 9.17) is 5.73 Å². The number of rotatable bonds is 8. The van der Waals surface area contributed by atoms with Gasteiger partial charge in [0, 0.05) is 18.4 Å². The van der Waals surface area contributed by atoms with Crippen LogP contribution in [0.25, 0.3) is 0 Å². The zero-order valence-electron chi connectivity index (χ0n) is 19.6. The average molecular weight is 531 g/mol. The fourth-order valence-corrected chi connectivity index (χ4v) is 6.14. The van der Waals surface area contributed by atoms with Crippen LogP contribution in [0.15, 0.2) is 33.8 Å². The number of nitrogens with two attached hydrogens (primary N) is 1. The minimum Gasteiger partial charge on any atom is -0.379 e. The van der Waals surface area contributed by atoms with Crippen molar-refractivity contribution >= 4 is 33.4 Å². The van der Waals surface area contributed by atoms with Gasteiger partial charge in [0.1, 0.15) is 4.47 Å². The molecule has 3 aliphatic carbocycles. The number of primary amides is 1. The van der Waals surface area contributed by atoms with Gasteiger partial charge in [0.25, 0.3) is 5.56 Å². The van der Waals surface area contributed by atoms with Crippen molar-refractivity contribution in [1.29, 1.82) is 0 Å². The summed E-state index contributed by atoms with van der Waals surface area (Å²) in [5.74, 6) is 0.834. The monoisotopic (exact) mass is 530 g/mol. The van der Waals surface area contributed by atoms with E-state index in [0.29, 0.717) is 39.0 Å². The number of hydrogen-bond donors (Lipinski definition) is 4. The molecular weight excluding hydrogens is 500 g/mol. The first-order valence-corrected chi connectivity index (χ1v) is 12.4. The number of aromatic nitrogens is 3. The quantitative estimate of drug-likeness (QED) is 0.413. The Kier molecular flexibility index (Phi) is 6.80. The van der Waals surface area contributed by atoms with Gasteiger partial charge in [-0.15, -0.1) is 0 Å². The van der Waals surface area contributed by atoms with E-state index in [1.165, 1.54) is 6.42 Å². The highest BCUT2D eigenvalue weighted by Crippen LogP contribution is 2.61. The van der Waals surface area contributed by atoms with E-state index in [2.05, 4.69) is 62.5 Å². The Labute approximate surface area is 206 Å². The molecule has 2 bridgehead atoms. The van der Waals surface area contributed by atoms with E-state index >= 15 is 0 Å². The molecule has 5 rings (SSSR count). The average Bonchev–Trinajstić information content (AvgIpc) is 2.79. The topological polar surface area (TPSA) is 143 Å². The summed E-state index contributed by atoms with van der Waals surface area (Å²) in [6.45, 7) is 6.93. The molecule has 0 aromatic carbocycles. The Morgan fingerprint density at radius 1 is 1.29 bits per heavy atom. The van der Waals surface area contributed by atoms with E-state index < -0.39 is 11.9 Å². The first-order valence-electron chi connectivity index (χ1n) is 11.6. The fourth-order valence-electron chi connectivity index (χ4n) is 5.71. The first kappa shape index (κ1) is 24.4. The number of nitrogens with one attached hydrogen (secondary N) is 3. The number of halogens is 1. The molecule has 5 atom stereocenters. The summed E-state index contributed by atoms with van der Waals surface area (Å²) >= 11 is 3.39. The number of carbonyl (C=O) groups is 2. The predicted molar refractivity (Wildman–Crippen MR) is 132 cm³/mol. The molecule has 3 aliphatic rings. The van der Waals surface area contributed by atoms with Crippen molar-refractivity contribution in [2.75, 3.05) is 5.32 Å². The zero-order chi connectivity index (χ0) is 24.6. The molecule has 0 aliphatic heterocycles. The van der Waals surface area contributed by atoms with Crippen molar-refractivity contribution in [1.82, 2.24) is 20.5 Å². The number of pyridine rings is 1. The van der Waals surface area contributed by atoms with Crippen LogP contribution < -0.4 is 21.9 Å². The Morgan fingerprint density at radius 2 is 2.00 bits per heavy atom. The fraction of sp³-hybridized carbons (Fsp3) is 0.542. The molecule has 2 aromatic rings. The van der Waals surface area contributed by atoms with Crippen molar-refractivity contribution in [3.05, 3.63) is 50.6 Å². The van der Waals surface area contributed by atoms with E-state index in [0.717, 1.165) is 12.0 Å². The van der Waals surface area contributed by atoms with Crippen molar-refractivity contribution in [2.24, 2.45) is 28.9 Å². The van der Waals surface area contributed by atoms with Crippen molar-refractivity contribution in [3.63, 3.8) is 0 Å². The lowest BCUT2D eigenvalue weighted by atomic mass is 9.45. The standard InChI is InChI=1S/C24H31BrN6O3/c1-12-15-8-14(24(15,2)3)9-16(12)29-22-18(30-31-23(34)21(22)25)11-20(33)28-17(10-19(26)32)13-4-6-27-7-5-13/h4-7,12,14-17H,8-11H2,1-3H3,(H2,26,32)(H,28,33)(H2,29,31,34)/t12-,14+,15-,16-,17?/m1/s1. The summed E-state index contributed by atoms with van der Waals surface area (Å²) in [6, 6.07) is 3.07. The summed E-state index contributed by atoms with van der Waals surface area (Å²) in [4.78, 5) is 40.8.